The molecular weight excluding hydrogens is 433 g/mol. The van der Waals surface area contributed by atoms with E-state index in [-0.39, 0.29) is 27.7 Å². The van der Waals surface area contributed by atoms with E-state index in [1.807, 2.05) is 0 Å². The Morgan fingerprint density at radius 3 is 2.44 bits per heavy atom. The lowest BCUT2D eigenvalue weighted by molar-refractivity contribution is 0.102. The Balaban J connectivity index is 1.84. The number of sulfone groups is 2. The molecule has 3 rings (SSSR count). The highest BCUT2D eigenvalue weighted by molar-refractivity contribution is 7.96. The van der Waals surface area contributed by atoms with Gasteiger partial charge in [-0.1, -0.05) is 29.3 Å². The van der Waals surface area contributed by atoms with Gasteiger partial charge in [-0.3, -0.25) is 4.79 Å². The fraction of sp³-hybridized carbons (Fsp3) is 0.235. The largest absolute Gasteiger partial charge is 0.322 e. The van der Waals surface area contributed by atoms with Gasteiger partial charge in [-0.25, -0.2) is 16.8 Å². The van der Waals surface area contributed by atoms with E-state index in [0.717, 1.165) is 0 Å². The molecule has 144 valence electrons. The van der Waals surface area contributed by atoms with Crippen molar-refractivity contribution in [3.8, 4) is 0 Å². The fourth-order valence-corrected chi connectivity index (χ4v) is 7.49. The number of amides is 1. The molecule has 0 bridgehead atoms. The lowest BCUT2D eigenvalue weighted by atomic mass is 10.2. The zero-order valence-electron chi connectivity index (χ0n) is 13.9. The summed E-state index contributed by atoms with van der Waals surface area (Å²) in [5.74, 6) is -1.06. The summed E-state index contributed by atoms with van der Waals surface area (Å²) in [6.07, 6.45) is 0.0599. The third-order valence-corrected chi connectivity index (χ3v) is 9.14. The van der Waals surface area contributed by atoms with E-state index in [4.69, 9.17) is 23.2 Å². The Kier molecular flexibility index (Phi) is 5.54. The standard InChI is InChI=1S/C17H15Cl2NO5S2/c18-15-5-4-12(9-16(15)19)20-17(21)11-2-1-3-13(8-11)27(24,25)14-6-7-26(22,23)10-14/h1-5,8-9,14H,6-7,10H2,(H,20,21). The molecule has 2 aromatic carbocycles. The number of carbonyl (C=O) groups is 1. The Morgan fingerprint density at radius 2 is 1.81 bits per heavy atom. The van der Waals surface area contributed by atoms with E-state index >= 15 is 0 Å². The summed E-state index contributed by atoms with van der Waals surface area (Å²) < 4.78 is 48.6. The van der Waals surface area contributed by atoms with Crippen molar-refractivity contribution in [2.24, 2.45) is 0 Å². The number of carbonyl (C=O) groups excluding carboxylic acids is 1. The molecule has 1 fully saturated rings. The van der Waals surface area contributed by atoms with Crippen molar-refractivity contribution in [2.45, 2.75) is 16.6 Å². The molecule has 1 aliphatic heterocycles. The van der Waals surface area contributed by atoms with Crippen LogP contribution >= 0.6 is 23.2 Å². The molecule has 6 nitrogen and oxygen atoms in total. The highest BCUT2D eigenvalue weighted by atomic mass is 35.5. The number of anilines is 1. The molecule has 2 aromatic rings. The van der Waals surface area contributed by atoms with Crippen LogP contribution in [0.15, 0.2) is 47.4 Å². The Morgan fingerprint density at radius 1 is 1.07 bits per heavy atom. The number of hydrogen-bond acceptors (Lipinski definition) is 5. The number of hydrogen-bond donors (Lipinski definition) is 1. The van der Waals surface area contributed by atoms with Crippen molar-refractivity contribution in [1.29, 1.82) is 0 Å². The number of halogens is 2. The van der Waals surface area contributed by atoms with E-state index in [2.05, 4.69) is 5.32 Å². The number of benzene rings is 2. The first-order valence-electron chi connectivity index (χ1n) is 7.89. The molecule has 1 aliphatic rings. The second-order valence-electron chi connectivity index (χ2n) is 6.18. The van der Waals surface area contributed by atoms with E-state index in [1.165, 1.54) is 36.4 Å². The first-order valence-corrected chi connectivity index (χ1v) is 12.0. The van der Waals surface area contributed by atoms with Crippen LogP contribution in [0.5, 0.6) is 0 Å². The number of nitrogens with one attached hydrogen (secondary N) is 1. The third kappa shape index (κ3) is 4.45. The molecular formula is C17H15Cl2NO5S2. The van der Waals surface area contributed by atoms with Crippen LogP contribution in [0, 0.1) is 0 Å². The highest BCUT2D eigenvalue weighted by Crippen LogP contribution is 2.27. The van der Waals surface area contributed by atoms with Gasteiger partial charge in [0.05, 0.1) is 31.7 Å². The van der Waals surface area contributed by atoms with Crippen LogP contribution in [0.25, 0.3) is 0 Å². The van der Waals surface area contributed by atoms with Crippen LogP contribution in [-0.2, 0) is 19.7 Å². The van der Waals surface area contributed by atoms with Gasteiger partial charge in [0.25, 0.3) is 5.91 Å². The van der Waals surface area contributed by atoms with Gasteiger partial charge in [0.2, 0.25) is 0 Å². The normalized spacial score (nSPS) is 19.0. The monoisotopic (exact) mass is 447 g/mol. The summed E-state index contributed by atoms with van der Waals surface area (Å²) in [6.45, 7) is 0. The molecule has 1 saturated heterocycles. The maximum absolute atomic E-state index is 12.7. The summed E-state index contributed by atoms with van der Waals surface area (Å²) in [7, 11) is -7.19. The zero-order chi connectivity index (χ0) is 19.8. The van der Waals surface area contributed by atoms with Crippen molar-refractivity contribution < 1.29 is 21.6 Å². The minimum Gasteiger partial charge on any atom is -0.322 e. The lowest BCUT2D eigenvalue weighted by Gasteiger charge is -2.12. The van der Waals surface area contributed by atoms with E-state index in [9.17, 15) is 21.6 Å². The van der Waals surface area contributed by atoms with Crippen molar-refractivity contribution in [3.63, 3.8) is 0 Å². The molecule has 0 spiro atoms. The average Bonchev–Trinajstić information content (AvgIpc) is 2.99. The molecule has 10 heteroatoms. The molecule has 1 amide bonds. The molecule has 27 heavy (non-hydrogen) atoms. The van der Waals surface area contributed by atoms with Crippen LogP contribution in [0.1, 0.15) is 16.8 Å². The summed E-state index contributed by atoms with van der Waals surface area (Å²) in [6, 6.07) is 10.1. The molecule has 0 aliphatic carbocycles. The van der Waals surface area contributed by atoms with Crippen molar-refractivity contribution in [1.82, 2.24) is 0 Å². The maximum Gasteiger partial charge on any atom is 0.255 e. The lowest BCUT2D eigenvalue weighted by Crippen LogP contribution is -2.23. The first-order chi connectivity index (χ1) is 12.6. The SMILES string of the molecule is O=C(Nc1ccc(Cl)c(Cl)c1)c1cccc(S(=O)(=O)C2CCS(=O)(=O)C2)c1. The average molecular weight is 448 g/mol. The predicted octanol–water partition coefficient (Wildman–Crippen LogP) is 3.21. The minimum atomic E-state index is -3.85. The Bertz CT molecular complexity index is 1110. The molecule has 0 radical (unpaired) electrons. The minimum absolute atomic E-state index is 0.0599. The van der Waals surface area contributed by atoms with E-state index < -0.39 is 36.6 Å². The van der Waals surface area contributed by atoms with Gasteiger partial charge in [0, 0.05) is 11.3 Å². The molecule has 0 aromatic heterocycles. The van der Waals surface area contributed by atoms with Gasteiger partial charge >= 0.3 is 0 Å². The second-order valence-corrected chi connectivity index (χ2v) is 11.5. The smallest absolute Gasteiger partial charge is 0.255 e. The van der Waals surface area contributed by atoms with Crippen molar-refractivity contribution >= 4 is 54.5 Å². The molecule has 1 N–H and O–H groups in total. The summed E-state index contributed by atoms with van der Waals surface area (Å²) in [4.78, 5) is 12.4. The van der Waals surface area contributed by atoms with Gasteiger partial charge in [-0.15, -0.1) is 0 Å². The van der Waals surface area contributed by atoms with Crippen LogP contribution in [0.2, 0.25) is 10.0 Å². The van der Waals surface area contributed by atoms with E-state index in [0.29, 0.717) is 10.7 Å². The Hall–Kier alpha value is -1.61. The molecule has 1 heterocycles. The van der Waals surface area contributed by atoms with Crippen molar-refractivity contribution in [2.75, 3.05) is 16.8 Å². The third-order valence-electron chi connectivity index (χ3n) is 4.23. The second kappa shape index (κ2) is 7.43. The predicted molar refractivity (Wildman–Crippen MR) is 105 cm³/mol. The fourth-order valence-electron chi connectivity index (χ4n) is 2.79. The van der Waals surface area contributed by atoms with Crippen molar-refractivity contribution in [3.05, 3.63) is 58.1 Å². The zero-order valence-corrected chi connectivity index (χ0v) is 17.0. The topological polar surface area (TPSA) is 97.4 Å². The van der Waals surface area contributed by atoms with Gasteiger partial charge in [-0.2, -0.15) is 0 Å². The highest BCUT2D eigenvalue weighted by Gasteiger charge is 2.38. The van der Waals surface area contributed by atoms with Crippen LogP contribution < -0.4 is 5.32 Å². The summed E-state index contributed by atoms with van der Waals surface area (Å²) >= 11 is 11.7. The van der Waals surface area contributed by atoms with Gasteiger partial charge in [0.15, 0.2) is 19.7 Å². The maximum atomic E-state index is 12.7. The first kappa shape index (κ1) is 20.1. The quantitative estimate of drug-likeness (QED) is 0.775. The van der Waals surface area contributed by atoms with Gasteiger partial charge in [0.1, 0.15) is 0 Å². The summed E-state index contributed by atoms with van der Waals surface area (Å²) in [5.41, 5.74) is 0.535. The van der Waals surface area contributed by atoms with Crippen LogP contribution in [0.4, 0.5) is 5.69 Å². The molecule has 1 unspecified atom stereocenters. The Labute approximate surface area is 167 Å². The van der Waals surface area contributed by atoms with Crippen LogP contribution in [0.3, 0.4) is 0 Å². The molecule has 0 saturated carbocycles. The summed E-state index contributed by atoms with van der Waals surface area (Å²) in [5, 5.41) is 2.24. The van der Waals surface area contributed by atoms with Gasteiger partial charge in [-0.05, 0) is 42.8 Å². The molecule has 1 atom stereocenters. The van der Waals surface area contributed by atoms with Gasteiger partial charge < -0.3 is 5.32 Å². The van der Waals surface area contributed by atoms with E-state index in [1.54, 1.807) is 6.07 Å². The van der Waals surface area contributed by atoms with Crippen LogP contribution in [-0.4, -0.2) is 39.5 Å². The number of rotatable bonds is 4.